The van der Waals surface area contributed by atoms with Crippen LogP contribution in [-0.4, -0.2) is 17.6 Å². The van der Waals surface area contributed by atoms with Gasteiger partial charge < -0.3 is 20.6 Å². The van der Waals surface area contributed by atoms with Gasteiger partial charge in [-0.25, -0.2) is 0 Å². The number of aryl methyl sites for hydroxylation is 1. The molecule has 0 unspecified atom stereocenters. The number of hydrogen-bond acceptors (Lipinski definition) is 4. The second-order valence-corrected chi connectivity index (χ2v) is 7.98. The molecule has 5 heteroatoms. The van der Waals surface area contributed by atoms with Crippen molar-refractivity contribution in [2.75, 3.05) is 22.1 Å². The number of rotatable bonds is 4. The van der Waals surface area contributed by atoms with E-state index in [0.29, 0.717) is 17.7 Å². The second-order valence-electron chi connectivity index (χ2n) is 7.98. The third-order valence-electron chi connectivity index (χ3n) is 5.96. The molecule has 33 heavy (non-hydrogen) atoms. The summed E-state index contributed by atoms with van der Waals surface area (Å²) in [4.78, 5) is 15.0. The molecule has 5 nitrogen and oxygen atoms in total. The molecule has 0 atom stereocenters. The van der Waals surface area contributed by atoms with Crippen molar-refractivity contribution in [2.45, 2.75) is 13.3 Å². The molecule has 1 heterocycles. The van der Waals surface area contributed by atoms with Crippen molar-refractivity contribution in [1.82, 2.24) is 0 Å². The lowest BCUT2D eigenvalue weighted by Gasteiger charge is -2.23. The molecule has 164 valence electrons. The van der Waals surface area contributed by atoms with Crippen molar-refractivity contribution in [3.8, 4) is 5.75 Å². The molecular weight excluding hydrogens is 410 g/mol. The number of nitrogens with one attached hydrogen (secondary N) is 2. The van der Waals surface area contributed by atoms with Crippen LogP contribution in [0.3, 0.4) is 0 Å². The maximum absolute atomic E-state index is 12.8. The monoisotopic (exact) mass is 435 g/mol. The Morgan fingerprint density at radius 1 is 1.00 bits per heavy atom. The van der Waals surface area contributed by atoms with Crippen LogP contribution < -0.4 is 15.5 Å². The van der Waals surface area contributed by atoms with Gasteiger partial charge in [-0.15, -0.1) is 0 Å². The third-order valence-corrected chi connectivity index (χ3v) is 5.96. The zero-order chi connectivity index (χ0) is 22.8. The van der Waals surface area contributed by atoms with E-state index in [1.807, 2.05) is 43.3 Å². The number of anilines is 4. The molecule has 3 N–H and O–H groups in total. The van der Waals surface area contributed by atoms with E-state index in [-0.39, 0.29) is 11.7 Å². The average Bonchev–Trinajstić information content (AvgIpc) is 3.07. The Balaban J connectivity index is 1.44. The smallest absolute Gasteiger partial charge is 0.259 e. The lowest BCUT2D eigenvalue weighted by atomic mass is 10.0. The van der Waals surface area contributed by atoms with Gasteiger partial charge >= 0.3 is 0 Å². The van der Waals surface area contributed by atoms with Gasteiger partial charge in [0.25, 0.3) is 5.91 Å². The number of hydrogen-bond donors (Lipinski definition) is 3. The van der Waals surface area contributed by atoms with E-state index in [4.69, 9.17) is 0 Å². The van der Waals surface area contributed by atoms with E-state index in [0.717, 1.165) is 29.2 Å². The van der Waals surface area contributed by atoms with E-state index in [1.54, 1.807) is 6.07 Å². The van der Waals surface area contributed by atoms with Crippen molar-refractivity contribution in [3.05, 3.63) is 102 Å². The van der Waals surface area contributed by atoms with Crippen LogP contribution in [0.2, 0.25) is 0 Å². The highest BCUT2D eigenvalue weighted by atomic mass is 16.3. The van der Waals surface area contributed by atoms with Gasteiger partial charge in [0, 0.05) is 29.5 Å². The highest BCUT2D eigenvalue weighted by molar-refractivity contribution is 6.07. The minimum Gasteiger partial charge on any atom is -0.507 e. The van der Waals surface area contributed by atoms with Crippen molar-refractivity contribution in [2.24, 2.45) is 0 Å². The van der Waals surface area contributed by atoms with Crippen LogP contribution in [0.1, 0.15) is 22.8 Å². The average molecular weight is 436 g/mol. The first-order valence-electron chi connectivity index (χ1n) is 11.1. The Hall–Kier alpha value is -4.25. The van der Waals surface area contributed by atoms with Crippen LogP contribution >= 0.6 is 0 Å². The quantitative estimate of drug-likeness (QED) is 0.345. The topological polar surface area (TPSA) is 64.6 Å². The maximum Gasteiger partial charge on any atom is 0.259 e. The van der Waals surface area contributed by atoms with E-state index in [1.165, 1.54) is 16.8 Å². The number of benzene rings is 4. The number of phenolic OH excluding ortho intramolecular Hbond substituents is 1. The molecule has 1 aliphatic heterocycles. The zero-order valence-corrected chi connectivity index (χ0v) is 18.4. The first-order valence-corrected chi connectivity index (χ1v) is 11.1. The fourth-order valence-electron chi connectivity index (χ4n) is 4.31. The van der Waals surface area contributed by atoms with Gasteiger partial charge in [-0.1, -0.05) is 49.4 Å². The molecular formula is C28H25N3O2. The van der Waals surface area contributed by atoms with Crippen LogP contribution in [-0.2, 0) is 6.42 Å². The molecule has 0 saturated carbocycles. The molecule has 0 radical (unpaired) electrons. The first-order chi connectivity index (χ1) is 16.2. The molecule has 0 saturated heterocycles. The fraction of sp³-hybridized carbons (Fsp3) is 0.107. The van der Waals surface area contributed by atoms with Gasteiger partial charge in [0.15, 0.2) is 0 Å². The Morgan fingerprint density at radius 3 is 2.64 bits per heavy atom. The molecule has 0 spiro atoms. The SMILES string of the molecule is CCc1cccc(O)c1C(=O)Nc1ccc(N2C=CCNc3c2ccc2ccccc32)cc1. The number of nitrogens with zero attached hydrogens (tertiary/aromatic N) is 1. The fourth-order valence-corrected chi connectivity index (χ4v) is 4.31. The van der Waals surface area contributed by atoms with Crippen LogP contribution in [0.15, 0.2) is 91.1 Å². The molecule has 4 aromatic carbocycles. The predicted molar refractivity (Wildman–Crippen MR) is 136 cm³/mol. The highest BCUT2D eigenvalue weighted by Gasteiger charge is 2.18. The van der Waals surface area contributed by atoms with Crippen LogP contribution in [0, 0.1) is 0 Å². The van der Waals surface area contributed by atoms with Crippen molar-refractivity contribution >= 4 is 39.4 Å². The summed E-state index contributed by atoms with van der Waals surface area (Å²) in [5.41, 5.74) is 4.97. The summed E-state index contributed by atoms with van der Waals surface area (Å²) < 4.78 is 0. The third kappa shape index (κ3) is 3.89. The molecule has 0 aliphatic carbocycles. The van der Waals surface area contributed by atoms with Crippen molar-refractivity contribution < 1.29 is 9.90 Å². The predicted octanol–water partition coefficient (Wildman–Crippen LogP) is 6.44. The standard InChI is InChI=1S/C28H25N3O2/c1-2-19-8-5-10-25(32)26(19)28(33)30-21-12-14-22(15-13-21)31-18-6-17-29-27-23-9-4-3-7-20(23)11-16-24(27)31/h3-16,18,29,32H,2,17H2,1H3,(H,30,33). The molecule has 0 aromatic heterocycles. The van der Waals surface area contributed by atoms with Crippen LogP contribution in [0.4, 0.5) is 22.7 Å². The molecule has 0 bridgehead atoms. The minimum atomic E-state index is -0.312. The van der Waals surface area contributed by atoms with E-state index < -0.39 is 0 Å². The lowest BCUT2D eigenvalue weighted by molar-refractivity contribution is 0.102. The largest absolute Gasteiger partial charge is 0.507 e. The number of aromatic hydroxyl groups is 1. The number of fused-ring (bicyclic) bond motifs is 3. The zero-order valence-electron chi connectivity index (χ0n) is 18.4. The molecule has 5 rings (SSSR count). The van der Waals surface area contributed by atoms with Gasteiger partial charge in [0.05, 0.1) is 16.9 Å². The number of carbonyl (C=O) groups excluding carboxylic acids is 1. The van der Waals surface area contributed by atoms with Gasteiger partial charge in [0.1, 0.15) is 5.75 Å². The van der Waals surface area contributed by atoms with Crippen molar-refractivity contribution in [1.29, 1.82) is 0 Å². The summed E-state index contributed by atoms with van der Waals surface area (Å²) in [7, 11) is 0. The summed E-state index contributed by atoms with van der Waals surface area (Å²) in [5.74, 6) is -0.317. The van der Waals surface area contributed by atoms with Gasteiger partial charge in [-0.05, 0) is 59.8 Å². The summed E-state index contributed by atoms with van der Waals surface area (Å²) in [6.07, 6.45) is 4.82. The molecule has 1 aliphatic rings. The van der Waals surface area contributed by atoms with E-state index >= 15 is 0 Å². The molecule has 0 fully saturated rings. The Morgan fingerprint density at radius 2 is 1.82 bits per heavy atom. The Kier molecular flexibility index (Phi) is 5.45. The van der Waals surface area contributed by atoms with Crippen LogP contribution in [0.25, 0.3) is 10.8 Å². The van der Waals surface area contributed by atoms with Crippen molar-refractivity contribution in [3.63, 3.8) is 0 Å². The Labute approximate surface area is 193 Å². The summed E-state index contributed by atoms with van der Waals surface area (Å²) in [6.45, 7) is 2.71. The summed E-state index contributed by atoms with van der Waals surface area (Å²) in [6, 6.07) is 25.5. The van der Waals surface area contributed by atoms with Gasteiger partial charge in [0.2, 0.25) is 0 Å². The summed E-state index contributed by atoms with van der Waals surface area (Å²) >= 11 is 0. The maximum atomic E-state index is 12.8. The minimum absolute atomic E-state index is 0.00509. The number of phenols is 1. The van der Waals surface area contributed by atoms with Gasteiger partial charge in [-0.2, -0.15) is 0 Å². The highest BCUT2D eigenvalue weighted by Crippen LogP contribution is 2.39. The Bertz CT molecular complexity index is 1360. The summed E-state index contributed by atoms with van der Waals surface area (Å²) in [5, 5.41) is 19.0. The molecule has 1 amide bonds. The number of amides is 1. The second kappa shape index (κ2) is 8.71. The van der Waals surface area contributed by atoms with E-state index in [9.17, 15) is 9.90 Å². The first kappa shape index (κ1) is 20.6. The molecule has 4 aromatic rings. The lowest BCUT2D eigenvalue weighted by Crippen LogP contribution is -2.14. The number of carbonyl (C=O) groups is 1. The van der Waals surface area contributed by atoms with Crippen LogP contribution in [0.5, 0.6) is 5.75 Å². The normalized spacial score (nSPS) is 12.7. The van der Waals surface area contributed by atoms with Gasteiger partial charge in [-0.3, -0.25) is 4.79 Å². The van der Waals surface area contributed by atoms with E-state index in [2.05, 4.69) is 58.1 Å².